The summed E-state index contributed by atoms with van der Waals surface area (Å²) in [5.74, 6) is 1.15. The summed E-state index contributed by atoms with van der Waals surface area (Å²) in [6, 6.07) is 13.3. The molecule has 4 rings (SSSR count). The lowest BCUT2D eigenvalue weighted by atomic mass is 10.2. The highest BCUT2D eigenvalue weighted by Gasteiger charge is 2.11. The van der Waals surface area contributed by atoms with Gasteiger partial charge in [-0.3, -0.25) is 4.79 Å². The molecular weight excluding hydrogens is 336 g/mol. The smallest absolute Gasteiger partial charge is 0.248 e. The van der Waals surface area contributed by atoms with E-state index in [2.05, 4.69) is 10.3 Å². The number of carbonyl (C=O) groups excluding carboxylic acids is 1. The molecule has 1 aliphatic rings. The van der Waals surface area contributed by atoms with Gasteiger partial charge in [0.2, 0.25) is 5.91 Å². The number of carbonyl (C=O) groups is 1. The molecule has 0 atom stereocenters. The van der Waals surface area contributed by atoms with Gasteiger partial charge in [0.25, 0.3) is 0 Å². The molecule has 0 saturated carbocycles. The minimum absolute atomic E-state index is 0.214. The van der Waals surface area contributed by atoms with E-state index in [1.54, 1.807) is 29.5 Å². The van der Waals surface area contributed by atoms with Gasteiger partial charge in [-0.1, -0.05) is 12.1 Å². The minimum Gasteiger partial charge on any atom is -0.490 e. The number of benzene rings is 2. The van der Waals surface area contributed by atoms with E-state index in [9.17, 15) is 4.79 Å². The maximum atomic E-state index is 12.1. The fraction of sp³-hybridized carbons (Fsp3) is 0.158. The molecule has 0 unspecified atom stereocenters. The van der Waals surface area contributed by atoms with E-state index < -0.39 is 0 Å². The first-order chi connectivity index (χ1) is 12.3. The number of para-hydroxylation sites is 1. The Balaban J connectivity index is 1.45. The van der Waals surface area contributed by atoms with Crippen molar-refractivity contribution in [2.24, 2.45) is 0 Å². The largest absolute Gasteiger partial charge is 0.490 e. The van der Waals surface area contributed by atoms with Gasteiger partial charge >= 0.3 is 0 Å². The van der Waals surface area contributed by atoms with Gasteiger partial charge in [0.15, 0.2) is 11.5 Å². The second-order valence-electron chi connectivity index (χ2n) is 5.55. The molecule has 5 nitrogen and oxygen atoms in total. The van der Waals surface area contributed by atoms with Crippen LogP contribution in [0.15, 0.2) is 48.5 Å². The van der Waals surface area contributed by atoms with Gasteiger partial charge in [-0.05, 0) is 30.3 Å². The van der Waals surface area contributed by atoms with Gasteiger partial charge in [0.1, 0.15) is 5.01 Å². The Kier molecular flexibility index (Phi) is 4.35. The lowest BCUT2D eigenvalue weighted by Crippen LogP contribution is -2.07. The molecule has 0 spiro atoms. The van der Waals surface area contributed by atoms with Crippen molar-refractivity contribution in [1.29, 1.82) is 0 Å². The third-order valence-electron chi connectivity index (χ3n) is 3.70. The molecular formula is C19H16N2O3S. The Labute approximate surface area is 148 Å². The zero-order chi connectivity index (χ0) is 17.1. The quantitative estimate of drug-likeness (QED) is 0.721. The van der Waals surface area contributed by atoms with Crippen molar-refractivity contribution in [2.75, 3.05) is 18.5 Å². The monoisotopic (exact) mass is 352 g/mol. The predicted octanol–water partition coefficient (Wildman–Crippen LogP) is 4.11. The molecule has 0 aliphatic carbocycles. The number of amides is 1. The summed E-state index contributed by atoms with van der Waals surface area (Å²) in [5, 5.41) is 3.63. The van der Waals surface area contributed by atoms with Crippen LogP contribution in [-0.2, 0) is 4.79 Å². The molecule has 3 aromatic rings. The van der Waals surface area contributed by atoms with Crippen molar-refractivity contribution < 1.29 is 14.3 Å². The van der Waals surface area contributed by atoms with E-state index in [-0.39, 0.29) is 5.91 Å². The first kappa shape index (κ1) is 15.7. The average Bonchev–Trinajstić information content (AvgIpc) is 2.90. The zero-order valence-corrected chi connectivity index (χ0v) is 14.2. The van der Waals surface area contributed by atoms with Crippen LogP contribution in [0.25, 0.3) is 16.3 Å². The van der Waals surface area contributed by atoms with E-state index >= 15 is 0 Å². The van der Waals surface area contributed by atoms with Crippen molar-refractivity contribution in [3.8, 4) is 11.5 Å². The number of aromatic nitrogens is 1. The predicted molar refractivity (Wildman–Crippen MR) is 99.3 cm³/mol. The van der Waals surface area contributed by atoms with Crippen LogP contribution < -0.4 is 14.8 Å². The topological polar surface area (TPSA) is 60.5 Å². The van der Waals surface area contributed by atoms with Crippen molar-refractivity contribution in [2.45, 2.75) is 6.42 Å². The fourth-order valence-electron chi connectivity index (χ4n) is 2.53. The fourth-order valence-corrected chi connectivity index (χ4v) is 3.40. The third-order valence-corrected chi connectivity index (χ3v) is 4.70. The number of anilines is 1. The summed E-state index contributed by atoms with van der Waals surface area (Å²) in [6.45, 7) is 1.26. The molecule has 1 N–H and O–H groups in total. The van der Waals surface area contributed by atoms with Crippen LogP contribution in [0, 0.1) is 0 Å². The summed E-state index contributed by atoms with van der Waals surface area (Å²) in [5.41, 5.74) is 1.61. The third kappa shape index (κ3) is 3.64. The van der Waals surface area contributed by atoms with E-state index in [0.29, 0.717) is 30.4 Å². The molecule has 1 amide bonds. The van der Waals surface area contributed by atoms with Crippen LogP contribution >= 0.6 is 11.3 Å². The molecule has 2 heterocycles. The molecule has 2 aromatic carbocycles. The number of thiazole rings is 1. The summed E-state index contributed by atoms with van der Waals surface area (Å²) < 4.78 is 12.3. The molecule has 1 aromatic heterocycles. The minimum atomic E-state index is -0.214. The van der Waals surface area contributed by atoms with Crippen molar-refractivity contribution in [3.05, 3.63) is 53.5 Å². The Hall–Kier alpha value is -2.86. The summed E-state index contributed by atoms with van der Waals surface area (Å²) in [6.07, 6.45) is 4.06. The van der Waals surface area contributed by atoms with Gasteiger partial charge in [-0.2, -0.15) is 0 Å². The van der Waals surface area contributed by atoms with Gasteiger partial charge < -0.3 is 14.8 Å². The SMILES string of the molecule is O=C(/C=C/c1nc2ccccc2s1)Nc1ccc2c(c1)OCCCO2. The maximum absolute atomic E-state index is 12.1. The number of nitrogens with one attached hydrogen (secondary N) is 1. The number of nitrogens with zero attached hydrogens (tertiary/aromatic N) is 1. The molecule has 0 bridgehead atoms. The number of hydrogen-bond donors (Lipinski definition) is 1. The average molecular weight is 352 g/mol. The number of hydrogen-bond acceptors (Lipinski definition) is 5. The first-order valence-corrected chi connectivity index (χ1v) is 8.84. The molecule has 1 aliphatic heterocycles. The molecule has 0 radical (unpaired) electrons. The van der Waals surface area contributed by atoms with Crippen molar-refractivity contribution in [3.63, 3.8) is 0 Å². The second-order valence-corrected chi connectivity index (χ2v) is 6.62. The van der Waals surface area contributed by atoms with E-state index in [1.165, 1.54) is 6.08 Å². The molecule has 0 fully saturated rings. The van der Waals surface area contributed by atoms with E-state index in [1.807, 2.05) is 30.3 Å². The lowest BCUT2D eigenvalue weighted by Gasteiger charge is -2.09. The van der Waals surface area contributed by atoms with E-state index in [0.717, 1.165) is 21.6 Å². The number of rotatable bonds is 3. The van der Waals surface area contributed by atoms with Crippen LogP contribution in [0.3, 0.4) is 0 Å². The van der Waals surface area contributed by atoms with Crippen molar-refractivity contribution >= 4 is 39.2 Å². The van der Waals surface area contributed by atoms with Gasteiger partial charge in [0, 0.05) is 24.3 Å². The standard InChI is InChI=1S/C19H16N2O3S/c22-18(8-9-19-21-14-4-1-2-5-17(14)25-19)20-13-6-7-15-16(12-13)24-11-3-10-23-15/h1-2,4-9,12H,3,10-11H2,(H,20,22)/b9-8+. The Morgan fingerprint density at radius 1 is 1.12 bits per heavy atom. The van der Waals surface area contributed by atoms with Crippen LogP contribution in [0.2, 0.25) is 0 Å². The van der Waals surface area contributed by atoms with Crippen LogP contribution in [0.5, 0.6) is 11.5 Å². The summed E-state index contributed by atoms with van der Waals surface area (Å²) >= 11 is 1.55. The Morgan fingerprint density at radius 3 is 2.84 bits per heavy atom. The van der Waals surface area contributed by atoms with Crippen LogP contribution in [0.1, 0.15) is 11.4 Å². The molecule has 126 valence electrons. The van der Waals surface area contributed by atoms with Gasteiger partial charge in [-0.25, -0.2) is 4.98 Å². The molecule has 25 heavy (non-hydrogen) atoms. The second kappa shape index (κ2) is 6.94. The van der Waals surface area contributed by atoms with Crippen LogP contribution in [-0.4, -0.2) is 24.1 Å². The lowest BCUT2D eigenvalue weighted by molar-refractivity contribution is -0.111. The first-order valence-electron chi connectivity index (χ1n) is 8.02. The number of ether oxygens (including phenoxy) is 2. The highest BCUT2D eigenvalue weighted by molar-refractivity contribution is 7.19. The van der Waals surface area contributed by atoms with E-state index in [4.69, 9.17) is 9.47 Å². The highest BCUT2D eigenvalue weighted by atomic mass is 32.1. The Morgan fingerprint density at radius 2 is 1.96 bits per heavy atom. The normalized spacial score (nSPS) is 13.8. The van der Waals surface area contributed by atoms with Gasteiger partial charge in [-0.15, -0.1) is 11.3 Å². The highest BCUT2D eigenvalue weighted by Crippen LogP contribution is 2.32. The van der Waals surface area contributed by atoms with Crippen molar-refractivity contribution in [1.82, 2.24) is 4.98 Å². The summed E-state index contributed by atoms with van der Waals surface area (Å²) in [4.78, 5) is 16.6. The van der Waals surface area contributed by atoms with Gasteiger partial charge in [0.05, 0.1) is 23.4 Å². The maximum Gasteiger partial charge on any atom is 0.248 e. The Bertz CT molecular complexity index is 916. The summed E-state index contributed by atoms with van der Waals surface area (Å²) in [7, 11) is 0. The molecule has 6 heteroatoms. The van der Waals surface area contributed by atoms with Crippen LogP contribution in [0.4, 0.5) is 5.69 Å². The number of fused-ring (bicyclic) bond motifs is 2. The molecule has 0 saturated heterocycles. The zero-order valence-electron chi connectivity index (χ0n) is 13.4.